The SMILES string of the molecule is [CH2-][N+](C)(Cc1ccccc1)Cc1ccccc1. The maximum Gasteiger partial charge on any atom is 0.0803 e. The molecule has 0 unspecified atom stereocenters. The minimum Gasteiger partial charge on any atom is -0.452 e. The van der Waals surface area contributed by atoms with Crippen molar-refractivity contribution in [1.29, 1.82) is 0 Å². The van der Waals surface area contributed by atoms with Crippen LogP contribution < -0.4 is 0 Å². The fourth-order valence-electron chi connectivity index (χ4n) is 2.10. The van der Waals surface area contributed by atoms with Crippen LogP contribution in [0.15, 0.2) is 60.7 Å². The van der Waals surface area contributed by atoms with Gasteiger partial charge in [-0.3, -0.25) is 0 Å². The lowest BCUT2D eigenvalue weighted by Crippen LogP contribution is -2.35. The topological polar surface area (TPSA) is 0 Å². The Morgan fingerprint density at radius 3 is 1.47 bits per heavy atom. The lowest BCUT2D eigenvalue weighted by molar-refractivity contribution is -0.893. The summed E-state index contributed by atoms with van der Waals surface area (Å²) in [5.41, 5.74) is 2.67. The average Bonchev–Trinajstić information content (AvgIpc) is 2.30. The molecule has 0 aliphatic rings. The summed E-state index contributed by atoms with van der Waals surface area (Å²) < 4.78 is 0.730. The molecule has 2 aromatic carbocycles. The van der Waals surface area contributed by atoms with Gasteiger partial charge in [-0.1, -0.05) is 60.7 Å². The second kappa shape index (κ2) is 5.15. The molecule has 1 nitrogen and oxygen atoms in total. The molecule has 0 saturated carbocycles. The van der Waals surface area contributed by atoms with E-state index >= 15 is 0 Å². The van der Waals surface area contributed by atoms with Crippen LogP contribution in [0.2, 0.25) is 0 Å². The van der Waals surface area contributed by atoms with Crippen LogP contribution in [-0.2, 0) is 13.1 Å². The van der Waals surface area contributed by atoms with Crippen molar-refractivity contribution in [3.05, 3.63) is 78.8 Å². The third kappa shape index (κ3) is 3.72. The summed E-state index contributed by atoms with van der Waals surface area (Å²) in [7, 11) is 6.46. The molecule has 0 aliphatic heterocycles. The molecule has 0 saturated heterocycles. The van der Waals surface area contributed by atoms with Gasteiger partial charge in [0.2, 0.25) is 0 Å². The summed E-state index contributed by atoms with van der Waals surface area (Å²) in [5, 5.41) is 0. The van der Waals surface area contributed by atoms with Gasteiger partial charge in [-0.25, -0.2) is 0 Å². The number of quaternary nitrogens is 1. The molecule has 0 radical (unpaired) electrons. The minimum absolute atomic E-state index is 0.730. The molecule has 2 aromatic rings. The van der Waals surface area contributed by atoms with Crippen molar-refractivity contribution in [3.63, 3.8) is 0 Å². The van der Waals surface area contributed by atoms with Crippen molar-refractivity contribution >= 4 is 0 Å². The van der Waals surface area contributed by atoms with Crippen LogP contribution in [0.3, 0.4) is 0 Å². The summed E-state index contributed by atoms with van der Waals surface area (Å²) in [5.74, 6) is 0. The van der Waals surface area contributed by atoms with Crippen LogP contribution in [0, 0.1) is 7.05 Å². The number of nitrogens with zero attached hydrogens (tertiary/aromatic N) is 1. The lowest BCUT2D eigenvalue weighted by Gasteiger charge is -2.38. The van der Waals surface area contributed by atoms with Crippen LogP contribution >= 0.6 is 0 Å². The van der Waals surface area contributed by atoms with Gasteiger partial charge in [0.1, 0.15) is 0 Å². The standard InChI is InChI=1S/C16H19N/c1-17(2,13-15-9-5-3-6-10-15)14-16-11-7-4-8-12-16/h3-12H,1,13-14H2,2H3. The first-order valence-electron chi connectivity index (χ1n) is 5.92. The van der Waals surface area contributed by atoms with E-state index in [9.17, 15) is 0 Å². The molecule has 17 heavy (non-hydrogen) atoms. The Labute approximate surface area is 104 Å². The highest BCUT2D eigenvalue weighted by molar-refractivity contribution is 5.15. The van der Waals surface area contributed by atoms with Crippen LogP contribution in [0.5, 0.6) is 0 Å². The zero-order valence-corrected chi connectivity index (χ0v) is 10.3. The Morgan fingerprint density at radius 1 is 0.765 bits per heavy atom. The molecule has 0 bridgehead atoms. The van der Waals surface area contributed by atoms with E-state index in [0.29, 0.717) is 0 Å². The van der Waals surface area contributed by atoms with Gasteiger partial charge >= 0.3 is 0 Å². The first kappa shape index (κ1) is 11.9. The van der Waals surface area contributed by atoms with Gasteiger partial charge in [0, 0.05) is 18.2 Å². The van der Waals surface area contributed by atoms with Gasteiger partial charge in [-0.05, 0) is 0 Å². The Balaban J connectivity index is 2.04. The highest BCUT2D eigenvalue weighted by atomic mass is 15.3. The molecule has 0 atom stereocenters. The maximum absolute atomic E-state index is 4.30. The average molecular weight is 225 g/mol. The second-order valence-electron chi connectivity index (χ2n) is 4.91. The maximum atomic E-state index is 4.30. The first-order chi connectivity index (χ1) is 8.16. The molecule has 2 rings (SSSR count). The van der Waals surface area contributed by atoms with Crippen LogP contribution in [-0.4, -0.2) is 11.5 Å². The molecule has 0 spiro atoms. The van der Waals surface area contributed by atoms with E-state index in [0.717, 1.165) is 17.6 Å². The molecule has 88 valence electrons. The van der Waals surface area contributed by atoms with Gasteiger partial charge < -0.3 is 4.48 Å². The van der Waals surface area contributed by atoms with E-state index in [1.807, 2.05) is 12.1 Å². The molecule has 0 heterocycles. The van der Waals surface area contributed by atoms with Gasteiger partial charge in [0.25, 0.3) is 0 Å². The Kier molecular flexibility index (Phi) is 3.60. The molecular weight excluding hydrogens is 206 g/mol. The minimum atomic E-state index is 0.730. The summed E-state index contributed by atoms with van der Waals surface area (Å²) in [4.78, 5) is 0. The number of benzene rings is 2. The third-order valence-electron chi connectivity index (χ3n) is 2.81. The Bertz CT molecular complexity index is 402. The third-order valence-corrected chi connectivity index (χ3v) is 2.81. The second-order valence-corrected chi connectivity index (χ2v) is 4.91. The normalized spacial score (nSPS) is 11.4. The summed E-state index contributed by atoms with van der Waals surface area (Å²) in [6.45, 7) is 1.91. The largest absolute Gasteiger partial charge is 0.452 e. The highest BCUT2D eigenvalue weighted by Gasteiger charge is 2.10. The van der Waals surface area contributed by atoms with Gasteiger partial charge in [-0.15, -0.1) is 7.05 Å². The Morgan fingerprint density at radius 2 is 1.12 bits per heavy atom. The van der Waals surface area contributed by atoms with Crippen molar-refractivity contribution < 1.29 is 4.48 Å². The van der Waals surface area contributed by atoms with Crippen LogP contribution in [0.25, 0.3) is 0 Å². The van der Waals surface area contributed by atoms with Gasteiger partial charge in [0.15, 0.2) is 0 Å². The molecule has 0 aromatic heterocycles. The first-order valence-corrected chi connectivity index (χ1v) is 5.92. The number of rotatable bonds is 4. The van der Waals surface area contributed by atoms with E-state index in [-0.39, 0.29) is 0 Å². The molecular formula is C16H19N. The predicted octanol–water partition coefficient (Wildman–Crippen LogP) is 3.62. The zero-order valence-electron chi connectivity index (χ0n) is 10.3. The van der Waals surface area contributed by atoms with Crippen LogP contribution in [0.1, 0.15) is 11.1 Å². The summed E-state index contributed by atoms with van der Waals surface area (Å²) >= 11 is 0. The number of hydrogen-bond acceptors (Lipinski definition) is 0. The summed E-state index contributed by atoms with van der Waals surface area (Å²) in [6, 6.07) is 21.1. The number of hydrogen-bond donors (Lipinski definition) is 0. The lowest BCUT2D eigenvalue weighted by atomic mass is 10.1. The molecule has 0 aliphatic carbocycles. The highest BCUT2D eigenvalue weighted by Crippen LogP contribution is 2.15. The molecule has 0 fully saturated rings. The van der Waals surface area contributed by atoms with Crippen molar-refractivity contribution in [2.24, 2.45) is 0 Å². The fraction of sp³-hybridized carbons (Fsp3) is 0.188. The van der Waals surface area contributed by atoms with E-state index in [4.69, 9.17) is 0 Å². The Hall–Kier alpha value is -1.60. The van der Waals surface area contributed by atoms with E-state index < -0.39 is 0 Å². The van der Waals surface area contributed by atoms with Crippen molar-refractivity contribution in [2.45, 2.75) is 13.1 Å². The van der Waals surface area contributed by atoms with Crippen molar-refractivity contribution in [2.75, 3.05) is 7.05 Å². The smallest absolute Gasteiger partial charge is 0.0803 e. The van der Waals surface area contributed by atoms with E-state index in [1.165, 1.54) is 11.1 Å². The fourth-order valence-corrected chi connectivity index (χ4v) is 2.10. The van der Waals surface area contributed by atoms with Crippen molar-refractivity contribution in [3.8, 4) is 0 Å². The van der Waals surface area contributed by atoms with Crippen molar-refractivity contribution in [1.82, 2.24) is 0 Å². The van der Waals surface area contributed by atoms with E-state index in [2.05, 4.69) is 62.6 Å². The monoisotopic (exact) mass is 225 g/mol. The van der Waals surface area contributed by atoms with E-state index in [1.54, 1.807) is 0 Å². The predicted molar refractivity (Wildman–Crippen MR) is 71.8 cm³/mol. The van der Waals surface area contributed by atoms with Gasteiger partial charge in [0.05, 0.1) is 13.1 Å². The zero-order chi connectivity index (χ0) is 12.1. The molecule has 1 heteroatoms. The molecule has 0 N–H and O–H groups in total. The summed E-state index contributed by atoms with van der Waals surface area (Å²) in [6.07, 6.45) is 0. The van der Waals surface area contributed by atoms with Crippen LogP contribution in [0.4, 0.5) is 0 Å². The quantitative estimate of drug-likeness (QED) is 0.550. The molecule has 0 amide bonds. The van der Waals surface area contributed by atoms with Gasteiger partial charge in [-0.2, -0.15) is 0 Å².